The molecule has 1 aliphatic carbocycles. The van der Waals surface area contributed by atoms with Gasteiger partial charge in [0.25, 0.3) is 0 Å². The van der Waals surface area contributed by atoms with Crippen LogP contribution in [0.1, 0.15) is 39.0 Å². The summed E-state index contributed by atoms with van der Waals surface area (Å²) in [6.07, 6.45) is -2.75. The maximum Gasteiger partial charge on any atom is 0.425 e. The van der Waals surface area contributed by atoms with Gasteiger partial charge in [-0.1, -0.05) is 0 Å². The largest absolute Gasteiger partial charge is 0.465 e. The molecular formula is C20H26F4N2O4. The average Bonchev–Trinajstić information content (AvgIpc) is 3.01. The fraction of sp³-hybridized carbons (Fsp3) is 0.700. The normalized spacial score (nSPS) is 28.2. The summed E-state index contributed by atoms with van der Waals surface area (Å²) in [7, 11) is 0. The van der Waals surface area contributed by atoms with E-state index >= 15 is 0 Å². The monoisotopic (exact) mass is 434 g/mol. The second-order valence-electron chi connectivity index (χ2n) is 8.11. The molecule has 1 atom stereocenters. The summed E-state index contributed by atoms with van der Waals surface area (Å²) >= 11 is 0. The maximum absolute atomic E-state index is 13.1. The quantitative estimate of drug-likeness (QED) is 0.526. The van der Waals surface area contributed by atoms with Gasteiger partial charge in [0.2, 0.25) is 11.8 Å². The van der Waals surface area contributed by atoms with Crippen molar-refractivity contribution >= 4 is 11.6 Å². The van der Waals surface area contributed by atoms with Crippen LogP contribution in [-0.4, -0.2) is 60.3 Å². The van der Waals surface area contributed by atoms with Crippen molar-refractivity contribution in [3.05, 3.63) is 18.3 Å². The first kappa shape index (κ1) is 22.7. The highest BCUT2D eigenvalue weighted by atomic mass is 19.4. The lowest BCUT2D eigenvalue weighted by atomic mass is 9.68. The number of pyridine rings is 1. The van der Waals surface area contributed by atoms with Gasteiger partial charge in [0, 0.05) is 12.6 Å². The first-order valence-corrected chi connectivity index (χ1v) is 9.96. The Labute approximate surface area is 172 Å². The van der Waals surface area contributed by atoms with Crippen LogP contribution >= 0.6 is 0 Å². The zero-order valence-corrected chi connectivity index (χ0v) is 16.8. The van der Waals surface area contributed by atoms with Crippen molar-refractivity contribution in [3.8, 4) is 5.88 Å². The number of halogens is 4. The minimum Gasteiger partial charge on any atom is -0.465 e. The van der Waals surface area contributed by atoms with Gasteiger partial charge in [0.1, 0.15) is 6.67 Å². The summed E-state index contributed by atoms with van der Waals surface area (Å²) in [5.74, 6) is -0.241. The van der Waals surface area contributed by atoms with Crippen molar-refractivity contribution in [2.45, 2.75) is 56.9 Å². The first-order valence-electron chi connectivity index (χ1n) is 9.96. The number of carbonyl (C=O) groups excluding carboxylic acids is 1. The molecule has 30 heavy (non-hydrogen) atoms. The highest BCUT2D eigenvalue weighted by Gasteiger charge is 2.51. The SMILES string of the molecule is C[C@H](Oc1ccc(N2CC[C@]3(CC[C@](O)(COCCF)CC3)C2=O)cn1)C(F)(F)F. The molecule has 1 amide bonds. The van der Waals surface area contributed by atoms with E-state index in [2.05, 4.69) is 4.98 Å². The van der Waals surface area contributed by atoms with Crippen molar-refractivity contribution in [2.75, 3.05) is 31.3 Å². The van der Waals surface area contributed by atoms with E-state index in [1.165, 1.54) is 18.3 Å². The molecule has 168 valence electrons. The van der Waals surface area contributed by atoms with Gasteiger partial charge in [0.15, 0.2) is 6.10 Å². The highest BCUT2D eigenvalue weighted by molar-refractivity contribution is 5.99. The zero-order chi connectivity index (χ0) is 22.0. The van der Waals surface area contributed by atoms with E-state index in [1.54, 1.807) is 4.90 Å². The summed E-state index contributed by atoms with van der Waals surface area (Å²) < 4.78 is 59.9. The second kappa shape index (κ2) is 8.66. The van der Waals surface area contributed by atoms with Gasteiger partial charge in [-0.2, -0.15) is 13.2 Å². The predicted octanol–water partition coefficient (Wildman–Crippen LogP) is 3.43. The van der Waals surface area contributed by atoms with Crippen LogP contribution in [0.2, 0.25) is 0 Å². The Bertz CT molecular complexity index is 733. The van der Waals surface area contributed by atoms with Crippen LogP contribution in [0, 0.1) is 5.41 Å². The second-order valence-corrected chi connectivity index (χ2v) is 8.11. The molecule has 2 fully saturated rings. The Hall–Kier alpha value is -1.94. The summed E-state index contributed by atoms with van der Waals surface area (Å²) in [5, 5.41) is 10.6. The molecule has 2 heterocycles. The van der Waals surface area contributed by atoms with Crippen molar-refractivity contribution in [2.24, 2.45) is 5.41 Å². The van der Waals surface area contributed by atoms with Gasteiger partial charge in [-0.25, -0.2) is 9.37 Å². The molecule has 6 nitrogen and oxygen atoms in total. The molecule has 1 N–H and O–H groups in total. The van der Waals surface area contributed by atoms with Crippen LogP contribution < -0.4 is 9.64 Å². The Kier molecular flexibility index (Phi) is 6.57. The predicted molar refractivity (Wildman–Crippen MR) is 100.0 cm³/mol. The molecular weight excluding hydrogens is 408 g/mol. The molecule has 3 rings (SSSR count). The summed E-state index contributed by atoms with van der Waals surface area (Å²) in [4.78, 5) is 18.6. The van der Waals surface area contributed by atoms with Crippen LogP contribution in [0.15, 0.2) is 18.3 Å². The molecule has 10 heteroatoms. The molecule has 1 aromatic rings. The molecule has 0 bridgehead atoms. The smallest absolute Gasteiger partial charge is 0.425 e. The first-order chi connectivity index (χ1) is 14.1. The van der Waals surface area contributed by atoms with Crippen LogP contribution in [0.25, 0.3) is 0 Å². The third-order valence-corrected chi connectivity index (χ3v) is 6.03. The Morgan fingerprint density at radius 1 is 1.23 bits per heavy atom. The van der Waals surface area contributed by atoms with Crippen molar-refractivity contribution in [1.29, 1.82) is 0 Å². The number of rotatable bonds is 7. The number of nitrogens with zero attached hydrogens (tertiary/aromatic N) is 2. The molecule has 0 aromatic carbocycles. The minimum atomic E-state index is -4.49. The van der Waals surface area contributed by atoms with Gasteiger partial charge < -0.3 is 19.5 Å². The summed E-state index contributed by atoms with van der Waals surface area (Å²) in [5.41, 5.74) is -1.13. The molecule has 1 aromatic heterocycles. The van der Waals surface area contributed by atoms with Gasteiger partial charge >= 0.3 is 6.18 Å². The average molecular weight is 434 g/mol. The number of hydrogen-bond acceptors (Lipinski definition) is 5. The van der Waals surface area contributed by atoms with E-state index in [0.717, 1.165) is 6.92 Å². The zero-order valence-electron chi connectivity index (χ0n) is 16.8. The van der Waals surface area contributed by atoms with E-state index in [4.69, 9.17) is 9.47 Å². The summed E-state index contributed by atoms with van der Waals surface area (Å²) in [6, 6.07) is 2.84. The molecule has 1 saturated carbocycles. The third kappa shape index (κ3) is 4.85. The number of alkyl halides is 4. The number of hydrogen-bond donors (Lipinski definition) is 1. The van der Waals surface area contributed by atoms with Crippen molar-refractivity contribution in [3.63, 3.8) is 0 Å². The molecule has 2 aliphatic rings. The van der Waals surface area contributed by atoms with E-state index in [-0.39, 0.29) is 25.0 Å². The van der Waals surface area contributed by atoms with Crippen LogP contribution in [0.5, 0.6) is 5.88 Å². The van der Waals surface area contributed by atoms with Gasteiger partial charge in [-0.05, 0) is 45.1 Å². The minimum absolute atomic E-state index is 0.0482. The molecule has 1 spiro atoms. The van der Waals surface area contributed by atoms with Gasteiger partial charge in [0.05, 0.1) is 36.1 Å². The lowest BCUT2D eigenvalue weighted by molar-refractivity contribution is -0.189. The van der Waals surface area contributed by atoms with Crippen LogP contribution in [0.3, 0.4) is 0 Å². The molecule has 1 saturated heterocycles. The lowest BCUT2D eigenvalue weighted by Gasteiger charge is -2.40. The van der Waals surface area contributed by atoms with E-state index in [1.807, 2.05) is 0 Å². The fourth-order valence-corrected chi connectivity index (χ4v) is 4.04. The third-order valence-electron chi connectivity index (χ3n) is 6.03. The number of anilines is 1. The molecule has 1 aliphatic heterocycles. The van der Waals surface area contributed by atoms with E-state index in [0.29, 0.717) is 44.3 Å². The number of ether oxygens (including phenoxy) is 2. The number of aliphatic hydroxyl groups is 1. The standard InChI is InChI=1S/C20H26F4N2O4/c1-14(20(22,23)24)30-16-3-2-15(12-25-16)26-10-8-18(17(26)27)4-6-19(28,7-5-18)13-29-11-9-21/h2-3,12,14,28H,4-11,13H2,1H3/t14-,18-,19-/m0/s1. The maximum atomic E-state index is 13.1. The molecule has 0 unspecified atom stereocenters. The Morgan fingerprint density at radius 3 is 2.50 bits per heavy atom. The Morgan fingerprint density at radius 2 is 1.93 bits per heavy atom. The van der Waals surface area contributed by atoms with Gasteiger partial charge in [-0.3, -0.25) is 4.79 Å². The van der Waals surface area contributed by atoms with Gasteiger partial charge in [-0.15, -0.1) is 0 Å². The number of aromatic nitrogens is 1. The fourth-order valence-electron chi connectivity index (χ4n) is 4.04. The highest BCUT2D eigenvalue weighted by Crippen LogP contribution is 2.48. The lowest BCUT2D eigenvalue weighted by Crippen LogP contribution is -2.45. The van der Waals surface area contributed by atoms with Crippen LogP contribution in [0.4, 0.5) is 23.2 Å². The summed E-state index contributed by atoms with van der Waals surface area (Å²) in [6.45, 7) is 0.744. The Balaban J connectivity index is 1.60. The van der Waals surface area contributed by atoms with Crippen molar-refractivity contribution in [1.82, 2.24) is 4.98 Å². The molecule has 0 radical (unpaired) electrons. The van der Waals surface area contributed by atoms with E-state index in [9.17, 15) is 27.5 Å². The van der Waals surface area contributed by atoms with Crippen LogP contribution in [-0.2, 0) is 9.53 Å². The number of carbonyl (C=O) groups is 1. The topological polar surface area (TPSA) is 71.9 Å². The number of amides is 1. The van der Waals surface area contributed by atoms with Crippen molar-refractivity contribution < 1.29 is 36.9 Å². The van der Waals surface area contributed by atoms with E-state index < -0.39 is 30.0 Å².